The smallest absolute Gasteiger partial charge is 0.321 e. The second kappa shape index (κ2) is 8.99. The van der Waals surface area contributed by atoms with Crippen LogP contribution in [0.5, 0.6) is 0 Å². The first-order valence-electron chi connectivity index (χ1n) is 8.65. The molecule has 2 aromatic carbocycles. The molecule has 0 saturated carbocycles. The van der Waals surface area contributed by atoms with Crippen molar-refractivity contribution in [1.82, 2.24) is 4.31 Å². The number of carbonyl (C=O) groups is 2. The number of nitrogens with zero attached hydrogens (tertiary/aromatic N) is 1. The molecule has 0 heterocycles. The Hall–Kier alpha value is -2.71. The van der Waals surface area contributed by atoms with Crippen molar-refractivity contribution in [3.8, 4) is 0 Å². The molecule has 8 heteroatoms. The van der Waals surface area contributed by atoms with Crippen molar-refractivity contribution < 1.29 is 22.7 Å². The Bertz CT molecular complexity index is 948. The second-order valence-electron chi connectivity index (χ2n) is 6.62. The summed E-state index contributed by atoms with van der Waals surface area (Å²) in [4.78, 5) is 23.1. The van der Waals surface area contributed by atoms with Crippen molar-refractivity contribution in [3.05, 3.63) is 59.2 Å². The largest absolute Gasteiger partial charge is 0.460 e. The van der Waals surface area contributed by atoms with Crippen LogP contribution in [0.1, 0.15) is 23.6 Å². The van der Waals surface area contributed by atoms with Gasteiger partial charge in [0.25, 0.3) is 0 Å². The van der Waals surface area contributed by atoms with E-state index in [4.69, 9.17) is 4.74 Å². The number of rotatable bonds is 7. The van der Waals surface area contributed by atoms with Crippen molar-refractivity contribution in [1.29, 1.82) is 0 Å². The molecule has 0 fully saturated rings. The fourth-order valence-corrected chi connectivity index (χ4v) is 3.84. The number of sulfonamides is 1. The van der Waals surface area contributed by atoms with Gasteiger partial charge < -0.3 is 10.1 Å². The number of carbonyl (C=O) groups excluding carboxylic acids is 2. The van der Waals surface area contributed by atoms with Gasteiger partial charge in [-0.2, -0.15) is 4.31 Å². The Morgan fingerprint density at radius 1 is 1.04 bits per heavy atom. The SMILES string of the molecule is CC(=O)Nc1ccc(S(=O)(=O)N(C)CC(=O)OCc2cc(C)cc(C)c2)cc1. The molecular weight excluding hydrogens is 380 g/mol. The van der Waals surface area contributed by atoms with Crippen LogP contribution >= 0.6 is 0 Å². The van der Waals surface area contributed by atoms with Gasteiger partial charge >= 0.3 is 5.97 Å². The predicted octanol–water partition coefficient (Wildman–Crippen LogP) is 2.63. The highest BCUT2D eigenvalue weighted by Crippen LogP contribution is 2.18. The fourth-order valence-electron chi connectivity index (χ4n) is 2.72. The molecule has 0 aliphatic rings. The fraction of sp³-hybridized carbons (Fsp3) is 0.300. The lowest BCUT2D eigenvalue weighted by Crippen LogP contribution is -2.33. The highest BCUT2D eigenvalue weighted by Gasteiger charge is 2.23. The first-order chi connectivity index (χ1) is 13.1. The molecule has 0 aromatic heterocycles. The van der Waals surface area contributed by atoms with Crippen LogP contribution in [0.3, 0.4) is 0 Å². The summed E-state index contributed by atoms with van der Waals surface area (Å²) in [5, 5.41) is 2.56. The number of anilines is 1. The van der Waals surface area contributed by atoms with Crippen LogP contribution in [0.15, 0.2) is 47.4 Å². The van der Waals surface area contributed by atoms with Crippen LogP contribution < -0.4 is 5.32 Å². The molecule has 7 nitrogen and oxygen atoms in total. The summed E-state index contributed by atoms with van der Waals surface area (Å²) in [6, 6.07) is 11.6. The zero-order valence-electron chi connectivity index (χ0n) is 16.4. The molecule has 0 bridgehead atoms. The minimum atomic E-state index is -3.86. The first kappa shape index (κ1) is 21.6. The number of ether oxygens (including phenoxy) is 1. The van der Waals surface area contributed by atoms with E-state index < -0.39 is 22.5 Å². The molecule has 0 atom stereocenters. The Morgan fingerprint density at radius 3 is 2.14 bits per heavy atom. The predicted molar refractivity (Wildman–Crippen MR) is 106 cm³/mol. The minimum Gasteiger partial charge on any atom is -0.460 e. The average Bonchev–Trinajstić information content (AvgIpc) is 2.59. The molecule has 0 saturated heterocycles. The van der Waals surface area contributed by atoms with Crippen molar-refractivity contribution >= 4 is 27.6 Å². The van der Waals surface area contributed by atoms with Crippen LogP contribution in [0.2, 0.25) is 0 Å². The summed E-state index contributed by atoms with van der Waals surface area (Å²) < 4.78 is 31.3. The molecule has 1 N–H and O–H groups in total. The van der Waals surface area contributed by atoms with Crippen LogP contribution in [0.25, 0.3) is 0 Å². The number of esters is 1. The van der Waals surface area contributed by atoms with Crippen LogP contribution in [0, 0.1) is 13.8 Å². The summed E-state index contributed by atoms with van der Waals surface area (Å²) in [6.07, 6.45) is 0. The lowest BCUT2D eigenvalue weighted by atomic mass is 10.1. The molecule has 0 radical (unpaired) electrons. The molecule has 28 heavy (non-hydrogen) atoms. The first-order valence-corrected chi connectivity index (χ1v) is 10.1. The van der Waals surface area contributed by atoms with E-state index in [0.29, 0.717) is 5.69 Å². The zero-order valence-corrected chi connectivity index (χ0v) is 17.2. The highest BCUT2D eigenvalue weighted by atomic mass is 32.2. The Kier molecular flexibility index (Phi) is 6.93. The highest BCUT2D eigenvalue weighted by molar-refractivity contribution is 7.89. The van der Waals surface area contributed by atoms with Crippen molar-refractivity contribution in [3.63, 3.8) is 0 Å². The molecule has 150 valence electrons. The Morgan fingerprint density at radius 2 is 1.61 bits per heavy atom. The third kappa shape index (κ3) is 5.90. The van der Waals surface area contributed by atoms with Crippen LogP contribution in [-0.4, -0.2) is 38.2 Å². The standard InChI is InChI=1S/C20H24N2O5S/c1-14-9-15(2)11-17(10-14)13-27-20(24)12-22(4)28(25,26)19-7-5-18(6-8-19)21-16(3)23/h5-11H,12-13H2,1-4H3,(H,21,23). The summed E-state index contributed by atoms with van der Waals surface area (Å²) in [5.74, 6) is -0.889. The van der Waals surface area contributed by atoms with E-state index in [2.05, 4.69) is 5.32 Å². The molecule has 0 unspecified atom stereocenters. The number of hydrogen-bond donors (Lipinski definition) is 1. The van der Waals surface area contributed by atoms with Gasteiger partial charge in [-0.15, -0.1) is 0 Å². The summed E-state index contributed by atoms with van der Waals surface area (Å²) in [5.41, 5.74) is 3.47. The van der Waals surface area contributed by atoms with Gasteiger partial charge in [0, 0.05) is 19.7 Å². The van der Waals surface area contributed by atoms with Gasteiger partial charge in [-0.25, -0.2) is 8.42 Å². The molecule has 0 spiro atoms. The number of benzene rings is 2. The van der Waals surface area contributed by atoms with Crippen molar-refractivity contribution in [2.75, 3.05) is 18.9 Å². The molecular formula is C20H24N2O5S. The van der Waals surface area contributed by atoms with E-state index >= 15 is 0 Å². The topological polar surface area (TPSA) is 92.8 Å². The number of amides is 1. The maximum absolute atomic E-state index is 12.6. The van der Waals surface area contributed by atoms with E-state index in [1.54, 1.807) is 0 Å². The number of aryl methyl sites for hydroxylation is 2. The third-order valence-electron chi connectivity index (χ3n) is 3.92. The maximum Gasteiger partial charge on any atom is 0.321 e. The van der Waals surface area contributed by atoms with Gasteiger partial charge in [0.1, 0.15) is 13.2 Å². The Labute approximate surface area is 165 Å². The number of hydrogen-bond acceptors (Lipinski definition) is 5. The number of likely N-dealkylation sites (N-methyl/N-ethyl adjacent to an activating group) is 1. The van der Waals surface area contributed by atoms with Crippen molar-refractivity contribution in [2.24, 2.45) is 0 Å². The Balaban J connectivity index is 1.98. The van der Waals surface area contributed by atoms with E-state index in [1.165, 1.54) is 38.2 Å². The van der Waals surface area contributed by atoms with Gasteiger partial charge in [-0.1, -0.05) is 29.3 Å². The van der Waals surface area contributed by atoms with E-state index in [-0.39, 0.29) is 17.4 Å². The van der Waals surface area contributed by atoms with Crippen molar-refractivity contribution in [2.45, 2.75) is 32.3 Å². The van der Waals surface area contributed by atoms with E-state index in [9.17, 15) is 18.0 Å². The molecule has 2 rings (SSSR count). The lowest BCUT2D eigenvalue weighted by molar-refractivity contribution is -0.144. The zero-order chi connectivity index (χ0) is 20.9. The number of nitrogens with one attached hydrogen (secondary N) is 1. The summed E-state index contributed by atoms with van der Waals surface area (Å²) in [6.45, 7) is 4.95. The van der Waals surface area contributed by atoms with Gasteiger partial charge in [0.05, 0.1) is 4.90 Å². The van der Waals surface area contributed by atoms with Gasteiger partial charge in [0.2, 0.25) is 15.9 Å². The summed E-state index contributed by atoms with van der Waals surface area (Å²) in [7, 11) is -2.54. The van der Waals surface area contributed by atoms with E-state index in [0.717, 1.165) is 21.0 Å². The molecule has 0 aliphatic carbocycles. The minimum absolute atomic E-state index is 0.0196. The lowest BCUT2D eigenvalue weighted by Gasteiger charge is -2.17. The summed E-state index contributed by atoms with van der Waals surface area (Å²) >= 11 is 0. The van der Waals surface area contributed by atoms with Gasteiger partial charge in [0.15, 0.2) is 0 Å². The maximum atomic E-state index is 12.6. The molecule has 1 amide bonds. The van der Waals surface area contributed by atoms with E-state index in [1.807, 2.05) is 32.0 Å². The molecule has 2 aromatic rings. The monoisotopic (exact) mass is 404 g/mol. The van der Waals surface area contributed by atoms with Crippen LogP contribution in [-0.2, 0) is 31.0 Å². The molecule has 0 aliphatic heterocycles. The quantitative estimate of drug-likeness (QED) is 0.716. The average molecular weight is 404 g/mol. The third-order valence-corrected chi connectivity index (χ3v) is 5.73. The van der Waals surface area contributed by atoms with Crippen LogP contribution in [0.4, 0.5) is 5.69 Å². The van der Waals surface area contributed by atoms with Gasteiger partial charge in [-0.05, 0) is 43.7 Å². The normalized spacial score (nSPS) is 11.3. The second-order valence-corrected chi connectivity index (χ2v) is 8.67. The van der Waals surface area contributed by atoms with Gasteiger partial charge in [-0.3, -0.25) is 9.59 Å².